The standard InChI is InChI=1S/C13H19ClNO2.HI/c1-15(2,3)8-9-17-13(16)12-6-4-11(10-14)5-7-12;/h4-7H,8-10H2,1-3H3;1H/q+1;/p-1. The molecule has 102 valence electrons. The maximum absolute atomic E-state index is 11.7. The lowest BCUT2D eigenvalue weighted by Crippen LogP contribution is -3.00. The molecule has 0 fully saturated rings. The van der Waals surface area contributed by atoms with Crippen molar-refractivity contribution in [3.8, 4) is 0 Å². The fourth-order valence-corrected chi connectivity index (χ4v) is 1.40. The van der Waals surface area contributed by atoms with Gasteiger partial charge in [0.25, 0.3) is 0 Å². The Balaban J connectivity index is 0.00000289. The number of halogens is 2. The second kappa shape index (κ2) is 7.96. The molecule has 0 aliphatic rings. The molecule has 0 bridgehead atoms. The summed E-state index contributed by atoms with van der Waals surface area (Å²) in [6, 6.07) is 7.16. The first-order valence-corrected chi connectivity index (χ1v) is 6.08. The smallest absolute Gasteiger partial charge is 0.338 e. The molecule has 0 aliphatic carbocycles. The maximum atomic E-state index is 11.7. The summed E-state index contributed by atoms with van der Waals surface area (Å²) in [6.45, 7) is 1.23. The second-order valence-corrected chi connectivity index (χ2v) is 5.25. The number of ether oxygens (including phenoxy) is 1. The molecular weight excluding hydrogens is 365 g/mol. The van der Waals surface area contributed by atoms with Crippen molar-refractivity contribution in [2.75, 3.05) is 34.3 Å². The number of hydrogen-bond acceptors (Lipinski definition) is 2. The summed E-state index contributed by atoms with van der Waals surface area (Å²) in [6.07, 6.45) is 0. The molecule has 0 saturated heterocycles. The summed E-state index contributed by atoms with van der Waals surface area (Å²) in [7, 11) is 6.18. The monoisotopic (exact) mass is 383 g/mol. The van der Waals surface area contributed by atoms with E-state index >= 15 is 0 Å². The Morgan fingerprint density at radius 1 is 1.22 bits per heavy atom. The molecule has 0 unspecified atom stereocenters. The summed E-state index contributed by atoms with van der Waals surface area (Å²) in [4.78, 5) is 11.7. The molecule has 0 atom stereocenters. The number of carbonyl (C=O) groups excluding carboxylic acids is 1. The van der Waals surface area contributed by atoms with Crippen LogP contribution >= 0.6 is 11.6 Å². The van der Waals surface area contributed by atoms with Gasteiger partial charge in [0.2, 0.25) is 0 Å². The first-order chi connectivity index (χ1) is 7.92. The lowest BCUT2D eigenvalue weighted by Gasteiger charge is -2.23. The summed E-state index contributed by atoms with van der Waals surface area (Å²) >= 11 is 5.67. The van der Waals surface area contributed by atoms with E-state index in [1.54, 1.807) is 12.1 Å². The van der Waals surface area contributed by atoms with Gasteiger partial charge in [0.05, 0.1) is 26.7 Å². The number of carbonyl (C=O) groups is 1. The Labute approximate surface area is 131 Å². The lowest BCUT2D eigenvalue weighted by atomic mass is 10.1. The van der Waals surface area contributed by atoms with Gasteiger partial charge in [-0.15, -0.1) is 11.6 Å². The highest BCUT2D eigenvalue weighted by atomic mass is 127. The van der Waals surface area contributed by atoms with Crippen LogP contribution in [0.4, 0.5) is 0 Å². The number of alkyl halides is 1. The highest BCUT2D eigenvalue weighted by Crippen LogP contribution is 2.08. The highest BCUT2D eigenvalue weighted by Gasteiger charge is 2.10. The van der Waals surface area contributed by atoms with Crippen LogP contribution in [-0.4, -0.2) is 44.7 Å². The van der Waals surface area contributed by atoms with Crippen LogP contribution in [-0.2, 0) is 10.6 Å². The van der Waals surface area contributed by atoms with E-state index in [0.29, 0.717) is 18.1 Å². The Hall–Kier alpha value is -0.330. The van der Waals surface area contributed by atoms with Crippen molar-refractivity contribution in [3.05, 3.63) is 35.4 Å². The predicted octanol–water partition coefficient (Wildman–Crippen LogP) is -0.708. The highest BCUT2D eigenvalue weighted by molar-refractivity contribution is 6.17. The molecule has 1 rings (SSSR count). The van der Waals surface area contributed by atoms with E-state index in [-0.39, 0.29) is 29.9 Å². The van der Waals surface area contributed by atoms with E-state index in [4.69, 9.17) is 16.3 Å². The molecule has 0 spiro atoms. The minimum atomic E-state index is -0.278. The zero-order valence-corrected chi connectivity index (χ0v) is 13.9. The molecule has 18 heavy (non-hydrogen) atoms. The van der Waals surface area contributed by atoms with Crippen LogP contribution in [0.25, 0.3) is 0 Å². The number of hydrogen-bond donors (Lipinski definition) is 0. The van der Waals surface area contributed by atoms with Crippen LogP contribution in [0.3, 0.4) is 0 Å². The van der Waals surface area contributed by atoms with E-state index in [0.717, 1.165) is 16.6 Å². The first kappa shape index (κ1) is 17.7. The SMILES string of the molecule is C[N+](C)(C)CCOC(=O)c1ccc(CCl)cc1.[I-]. The van der Waals surface area contributed by atoms with Gasteiger partial charge in [-0.05, 0) is 17.7 Å². The molecule has 0 heterocycles. The molecule has 0 aliphatic heterocycles. The number of rotatable bonds is 5. The van der Waals surface area contributed by atoms with Gasteiger partial charge in [0.15, 0.2) is 0 Å². The van der Waals surface area contributed by atoms with Gasteiger partial charge in [-0.25, -0.2) is 4.79 Å². The van der Waals surface area contributed by atoms with Crippen molar-refractivity contribution in [1.29, 1.82) is 0 Å². The van der Waals surface area contributed by atoms with Crippen molar-refractivity contribution in [2.45, 2.75) is 5.88 Å². The normalized spacial score (nSPS) is 10.7. The molecule has 0 N–H and O–H groups in total. The van der Waals surface area contributed by atoms with Gasteiger partial charge in [-0.2, -0.15) is 0 Å². The minimum Gasteiger partial charge on any atom is -1.00 e. The van der Waals surface area contributed by atoms with Gasteiger partial charge in [0, 0.05) is 5.88 Å². The predicted molar refractivity (Wildman–Crippen MR) is 69.2 cm³/mol. The van der Waals surface area contributed by atoms with Crippen LogP contribution in [0.1, 0.15) is 15.9 Å². The van der Waals surface area contributed by atoms with Crippen molar-refractivity contribution in [1.82, 2.24) is 0 Å². The Bertz CT molecular complexity index is 374. The number of esters is 1. The molecule has 1 aromatic carbocycles. The van der Waals surface area contributed by atoms with Gasteiger partial charge >= 0.3 is 5.97 Å². The van der Waals surface area contributed by atoms with Crippen LogP contribution in [0, 0.1) is 0 Å². The molecule has 3 nitrogen and oxygen atoms in total. The Kier molecular flexibility index (Phi) is 7.82. The average molecular weight is 384 g/mol. The summed E-state index contributed by atoms with van der Waals surface area (Å²) in [5.74, 6) is 0.177. The maximum Gasteiger partial charge on any atom is 0.338 e. The number of quaternary nitrogens is 1. The van der Waals surface area contributed by atoms with Crippen molar-refractivity contribution >= 4 is 17.6 Å². The molecule has 0 saturated carbocycles. The average Bonchev–Trinajstić information content (AvgIpc) is 2.27. The number of likely N-dealkylation sites (N-methyl/N-ethyl adjacent to an activating group) is 1. The Morgan fingerprint density at radius 3 is 2.22 bits per heavy atom. The first-order valence-electron chi connectivity index (χ1n) is 5.55. The Morgan fingerprint density at radius 2 is 1.78 bits per heavy atom. The van der Waals surface area contributed by atoms with E-state index in [9.17, 15) is 4.79 Å². The number of benzene rings is 1. The zero-order chi connectivity index (χ0) is 12.9. The molecule has 0 aromatic heterocycles. The van der Waals surface area contributed by atoms with Crippen molar-refractivity contribution in [3.63, 3.8) is 0 Å². The third-order valence-corrected chi connectivity index (χ3v) is 2.65. The lowest BCUT2D eigenvalue weighted by molar-refractivity contribution is -0.870. The molecule has 0 radical (unpaired) electrons. The fourth-order valence-electron chi connectivity index (χ4n) is 1.23. The van der Waals surface area contributed by atoms with Crippen LogP contribution in [0.5, 0.6) is 0 Å². The third-order valence-electron chi connectivity index (χ3n) is 2.34. The van der Waals surface area contributed by atoms with E-state index in [1.165, 1.54) is 0 Å². The molecular formula is C13H19ClINO2. The zero-order valence-electron chi connectivity index (χ0n) is 11.0. The van der Waals surface area contributed by atoms with Gasteiger partial charge in [-0.3, -0.25) is 0 Å². The quantitative estimate of drug-likeness (QED) is 0.291. The second-order valence-electron chi connectivity index (χ2n) is 4.98. The van der Waals surface area contributed by atoms with Gasteiger partial charge in [-0.1, -0.05) is 12.1 Å². The largest absolute Gasteiger partial charge is 1.00 e. The van der Waals surface area contributed by atoms with Gasteiger partial charge in [0.1, 0.15) is 13.2 Å². The van der Waals surface area contributed by atoms with Crippen LogP contribution < -0.4 is 24.0 Å². The fraction of sp³-hybridized carbons (Fsp3) is 0.462. The van der Waals surface area contributed by atoms with E-state index in [2.05, 4.69) is 21.1 Å². The number of nitrogens with zero attached hydrogens (tertiary/aromatic N) is 1. The molecule has 1 aromatic rings. The summed E-state index contributed by atoms with van der Waals surface area (Å²) in [5.41, 5.74) is 1.56. The van der Waals surface area contributed by atoms with E-state index < -0.39 is 0 Å². The molecule has 0 amide bonds. The van der Waals surface area contributed by atoms with Crippen LogP contribution in [0.2, 0.25) is 0 Å². The minimum absolute atomic E-state index is 0. The topological polar surface area (TPSA) is 26.3 Å². The van der Waals surface area contributed by atoms with E-state index in [1.807, 2.05) is 12.1 Å². The third kappa shape index (κ3) is 6.56. The molecule has 5 heteroatoms. The van der Waals surface area contributed by atoms with Crippen LogP contribution in [0.15, 0.2) is 24.3 Å². The van der Waals surface area contributed by atoms with Gasteiger partial charge < -0.3 is 33.2 Å². The summed E-state index contributed by atoms with van der Waals surface area (Å²) < 4.78 is 5.97. The summed E-state index contributed by atoms with van der Waals surface area (Å²) in [5, 5.41) is 0. The van der Waals surface area contributed by atoms with Crippen molar-refractivity contribution < 1.29 is 38.0 Å². The van der Waals surface area contributed by atoms with Crippen molar-refractivity contribution in [2.24, 2.45) is 0 Å².